The van der Waals surface area contributed by atoms with E-state index >= 15 is 0 Å². The number of pyridine rings is 1. The molecule has 25 heavy (non-hydrogen) atoms. The van der Waals surface area contributed by atoms with Gasteiger partial charge in [0.2, 0.25) is 0 Å². The molecule has 1 amide bonds. The largest absolute Gasteiger partial charge is 0.496 e. The third-order valence-corrected chi connectivity index (χ3v) is 3.90. The predicted octanol–water partition coefficient (Wildman–Crippen LogP) is 2.99. The summed E-state index contributed by atoms with van der Waals surface area (Å²) in [7, 11) is 1.56. The highest BCUT2D eigenvalue weighted by Crippen LogP contribution is 2.29. The monoisotopic (exact) mass is 342 g/mol. The first-order valence-corrected chi connectivity index (χ1v) is 8.17. The molecule has 0 aliphatic heterocycles. The number of carboxylic acid groups (broad SMARTS) is 1. The normalized spacial score (nSPS) is 11.6. The van der Waals surface area contributed by atoms with E-state index in [-0.39, 0.29) is 12.5 Å². The molecule has 0 saturated heterocycles. The highest BCUT2D eigenvalue weighted by Gasteiger charge is 2.18. The van der Waals surface area contributed by atoms with E-state index in [0.717, 1.165) is 6.42 Å². The Bertz CT molecular complexity index is 731. The first-order valence-electron chi connectivity index (χ1n) is 8.17. The predicted molar refractivity (Wildman–Crippen MR) is 94.6 cm³/mol. The first kappa shape index (κ1) is 18.4. The Kier molecular flexibility index (Phi) is 6.51. The summed E-state index contributed by atoms with van der Waals surface area (Å²) in [6.45, 7) is 2.02. The number of carbonyl (C=O) groups is 2. The minimum Gasteiger partial charge on any atom is -0.496 e. The molecule has 2 N–H and O–H groups in total. The van der Waals surface area contributed by atoms with Crippen LogP contribution < -0.4 is 10.1 Å². The smallest absolute Gasteiger partial charge is 0.308 e. The molecule has 0 saturated carbocycles. The van der Waals surface area contributed by atoms with Crippen LogP contribution in [0.5, 0.6) is 5.75 Å². The second-order valence-corrected chi connectivity index (χ2v) is 5.66. The van der Waals surface area contributed by atoms with Crippen molar-refractivity contribution >= 4 is 11.9 Å². The van der Waals surface area contributed by atoms with E-state index in [1.807, 2.05) is 25.1 Å². The maximum atomic E-state index is 12.4. The summed E-state index contributed by atoms with van der Waals surface area (Å²) in [6, 6.07) is 10.6. The molecule has 0 bridgehead atoms. The van der Waals surface area contributed by atoms with Crippen LogP contribution >= 0.6 is 0 Å². The number of hydrogen-bond donors (Lipinski definition) is 2. The quantitative estimate of drug-likeness (QED) is 0.770. The minimum absolute atomic E-state index is 0.104. The van der Waals surface area contributed by atoms with Crippen LogP contribution in [0.1, 0.15) is 30.1 Å². The van der Waals surface area contributed by atoms with Gasteiger partial charge in [-0.3, -0.25) is 14.6 Å². The molecule has 132 valence electrons. The third-order valence-electron chi connectivity index (χ3n) is 3.90. The fourth-order valence-electron chi connectivity index (χ4n) is 2.55. The van der Waals surface area contributed by atoms with E-state index < -0.39 is 11.9 Å². The van der Waals surface area contributed by atoms with Gasteiger partial charge in [0.1, 0.15) is 5.75 Å². The lowest BCUT2D eigenvalue weighted by atomic mass is 10.0. The number of amides is 1. The Morgan fingerprint density at radius 2 is 2.08 bits per heavy atom. The van der Waals surface area contributed by atoms with E-state index in [9.17, 15) is 14.7 Å². The van der Waals surface area contributed by atoms with Crippen molar-refractivity contribution in [2.24, 2.45) is 5.92 Å². The van der Waals surface area contributed by atoms with E-state index in [1.54, 1.807) is 31.5 Å². The molecule has 0 radical (unpaired) electrons. The third kappa shape index (κ3) is 4.79. The number of aromatic nitrogens is 1. The number of aliphatic carboxylic acids is 1. The molecule has 0 aliphatic rings. The number of ether oxygens (including phenoxy) is 1. The number of benzene rings is 1. The minimum atomic E-state index is -0.897. The van der Waals surface area contributed by atoms with Gasteiger partial charge in [-0.25, -0.2) is 0 Å². The van der Waals surface area contributed by atoms with Crippen LogP contribution in [0.15, 0.2) is 42.6 Å². The van der Waals surface area contributed by atoms with Gasteiger partial charge in [-0.2, -0.15) is 0 Å². The van der Waals surface area contributed by atoms with Crippen molar-refractivity contribution in [3.8, 4) is 17.0 Å². The number of carbonyl (C=O) groups excluding carboxylic acids is 1. The zero-order chi connectivity index (χ0) is 18.2. The standard InChI is InChI=1S/C19H22N2O4/c1-3-6-14(19(23)24)12-21-18(22)13-8-9-17(25-2)15(11-13)16-7-4-5-10-20-16/h4-5,7-11,14H,3,6,12H2,1-2H3,(H,21,22)(H,23,24). The van der Waals surface area contributed by atoms with Crippen molar-refractivity contribution in [2.75, 3.05) is 13.7 Å². The molecule has 1 atom stereocenters. The van der Waals surface area contributed by atoms with Crippen molar-refractivity contribution in [1.82, 2.24) is 10.3 Å². The van der Waals surface area contributed by atoms with Gasteiger partial charge in [-0.05, 0) is 36.8 Å². The molecular weight excluding hydrogens is 320 g/mol. The SMILES string of the molecule is CCCC(CNC(=O)c1ccc(OC)c(-c2ccccn2)c1)C(=O)O. The molecule has 1 aromatic carbocycles. The summed E-state index contributed by atoms with van der Waals surface area (Å²) in [5.41, 5.74) is 1.84. The maximum Gasteiger partial charge on any atom is 0.308 e. The van der Waals surface area contributed by atoms with Gasteiger partial charge < -0.3 is 15.2 Å². The van der Waals surface area contributed by atoms with Crippen LogP contribution in [0.4, 0.5) is 0 Å². The zero-order valence-corrected chi connectivity index (χ0v) is 14.4. The summed E-state index contributed by atoms with van der Waals surface area (Å²) in [5.74, 6) is -1.18. The molecule has 2 aromatic rings. The van der Waals surface area contributed by atoms with E-state index in [4.69, 9.17) is 4.74 Å². The topological polar surface area (TPSA) is 88.5 Å². The average Bonchev–Trinajstić information content (AvgIpc) is 2.64. The van der Waals surface area contributed by atoms with Crippen molar-refractivity contribution in [3.63, 3.8) is 0 Å². The molecule has 6 nitrogen and oxygen atoms in total. The zero-order valence-electron chi connectivity index (χ0n) is 14.4. The Morgan fingerprint density at radius 1 is 1.28 bits per heavy atom. The van der Waals surface area contributed by atoms with Gasteiger partial charge in [0.05, 0.1) is 18.7 Å². The van der Waals surface area contributed by atoms with Gasteiger partial charge >= 0.3 is 5.97 Å². The van der Waals surface area contributed by atoms with Gasteiger partial charge in [-0.1, -0.05) is 19.4 Å². The second kappa shape index (κ2) is 8.82. The highest BCUT2D eigenvalue weighted by atomic mass is 16.5. The molecule has 6 heteroatoms. The fraction of sp³-hybridized carbons (Fsp3) is 0.316. The van der Waals surface area contributed by atoms with E-state index in [0.29, 0.717) is 29.0 Å². The number of rotatable bonds is 8. The molecule has 2 rings (SSSR count). The Morgan fingerprint density at radius 3 is 2.68 bits per heavy atom. The second-order valence-electron chi connectivity index (χ2n) is 5.66. The Balaban J connectivity index is 2.19. The van der Waals surface area contributed by atoms with Gasteiger partial charge in [-0.15, -0.1) is 0 Å². The van der Waals surface area contributed by atoms with Crippen molar-refractivity contribution in [1.29, 1.82) is 0 Å². The van der Waals surface area contributed by atoms with Crippen LogP contribution in [0.2, 0.25) is 0 Å². The van der Waals surface area contributed by atoms with Gasteiger partial charge in [0, 0.05) is 23.9 Å². The van der Waals surface area contributed by atoms with Gasteiger partial charge in [0.25, 0.3) is 5.91 Å². The molecule has 1 heterocycles. The van der Waals surface area contributed by atoms with Crippen molar-refractivity contribution in [2.45, 2.75) is 19.8 Å². The van der Waals surface area contributed by atoms with Gasteiger partial charge in [0.15, 0.2) is 0 Å². The summed E-state index contributed by atoms with van der Waals surface area (Å²) in [6.07, 6.45) is 2.94. The van der Waals surface area contributed by atoms with Crippen LogP contribution in [0.3, 0.4) is 0 Å². The summed E-state index contributed by atoms with van der Waals surface area (Å²) in [5, 5.41) is 11.9. The first-order chi connectivity index (χ1) is 12.1. The summed E-state index contributed by atoms with van der Waals surface area (Å²) >= 11 is 0. The maximum absolute atomic E-state index is 12.4. The Hall–Kier alpha value is -2.89. The number of nitrogens with one attached hydrogen (secondary N) is 1. The molecular formula is C19H22N2O4. The van der Waals surface area contributed by atoms with Crippen LogP contribution in [-0.4, -0.2) is 35.6 Å². The van der Waals surface area contributed by atoms with Crippen LogP contribution in [-0.2, 0) is 4.79 Å². The lowest BCUT2D eigenvalue weighted by Crippen LogP contribution is -2.32. The molecule has 1 unspecified atom stereocenters. The summed E-state index contributed by atoms with van der Waals surface area (Å²) in [4.78, 5) is 27.9. The Labute approximate surface area is 146 Å². The number of hydrogen-bond acceptors (Lipinski definition) is 4. The number of nitrogens with zero attached hydrogens (tertiary/aromatic N) is 1. The van der Waals surface area contributed by atoms with Crippen LogP contribution in [0.25, 0.3) is 11.3 Å². The number of carboxylic acids is 1. The number of methoxy groups -OCH3 is 1. The summed E-state index contributed by atoms with van der Waals surface area (Å²) < 4.78 is 5.35. The van der Waals surface area contributed by atoms with Crippen LogP contribution in [0, 0.1) is 5.92 Å². The van der Waals surface area contributed by atoms with Crippen molar-refractivity contribution in [3.05, 3.63) is 48.2 Å². The molecule has 0 fully saturated rings. The van der Waals surface area contributed by atoms with E-state index in [2.05, 4.69) is 10.3 Å². The fourth-order valence-corrected chi connectivity index (χ4v) is 2.55. The van der Waals surface area contributed by atoms with Crippen molar-refractivity contribution < 1.29 is 19.4 Å². The highest BCUT2D eigenvalue weighted by molar-refractivity contribution is 5.96. The lowest BCUT2D eigenvalue weighted by Gasteiger charge is -2.14. The molecule has 0 spiro atoms. The molecule has 0 aliphatic carbocycles. The van der Waals surface area contributed by atoms with E-state index in [1.165, 1.54) is 0 Å². The lowest BCUT2D eigenvalue weighted by molar-refractivity contribution is -0.141. The average molecular weight is 342 g/mol. The molecule has 1 aromatic heterocycles.